The molecule has 6 aromatic rings. The Morgan fingerprint density at radius 1 is 0.447 bits per heavy atom. The van der Waals surface area contributed by atoms with E-state index >= 15 is 0 Å². The molecule has 0 radical (unpaired) electrons. The van der Waals surface area contributed by atoms with Crippen LogP contribution >= 0.6 is 25.5 Å². The van der Waals surface area contributed by atoms with Crippen molar-refractivity contribution in [3.8, 4) is 0 Å². The van der Waals surface area contributed by atoms with Crippen LogP contribution in [0, 0.1) is 0 Å². The number of rotatable bonds is 8. The Hall–Kier alpha value is -3.43. The van der Waals surface area contributed by atoms with Gasteiger partial charge in [0.2, 0.25) is 0 Å². The van der Waals surface area contributed by atoms with Crippen LogP contribution in [0.2, 0.25) is 0 Å². The van der Waals surface area contributed by atoms with Crippen molar-refractivity contribution in [1.29, 1.82) is 0 Å². The Balaban J connectivity index is 0.000000148. The third-order valence-electron chi connectivity index (χ3n) is 7.50. The minimum atomic E-state index is -0.446. The number of benzene rings is 6. The fourth-order valence-corrected chi connectivity index (χ4v) is 11.7. The maximum atomic E-state index is 5.77. The van der Waals surface area contributed by atoms with Crippen molar-refractivity contribution in [2.24, 2.45) is 0 Å². The minimum absolute atomic E-state index is 0.00264. The Morgan fingerprint density at radius 2 is 0.702 bits per heavy atom. The van der Waals surface area contributed by atoms with E-state index in [9.17, 15) is 0 Å². The minimum Gasteiger partial charge on any atom is -0.0622 e. The van der Waals surface area contributed by atoms with Crippen LogP contribution in [0.3, 0.4) is 0 Å². The van der Waals surface area contributed by atoms with Crippen LogP contribution in [-0.4, -0.2) is 0 Å². The maximum Gasteiger partial charge on any atom is -0.0134 e. The standard InChI is InChI=1S/2C18H15P.C7H9.ClH.Ru/c2*1-4-10-16(11-5-1)19(17-12-6-2-7-13-17)18-14-8-3-9-15-18;1-2-7-5-3-4-6-7;;/h2*1-15H;3,5H,2,4H2,1H3;1H;/q;;;;+1/p-1. The average Bonchev–Trinajstić information content (AvgIpc) is 3.64. The fraction of sp³-hybridized carbons (Fsp3) is 0.0698. The largest absolute Gasteiger partial charge is 0.0622 e. The van der Waals surface area contributed by atoms with Crippen molar-refractivity contribution in [2.75, 3.05) is 0 Å². The molecule has 0 aromatic heterocycles. The predicted octanol–water partition coefficient (Wildman–Crippen LogP) is 9.74. The second-order valence-corrected chi connectivity index (χ2v) is 17.2. The molecule has 7 rings (SSSR count). The summed E-state index contributed by atoms with van der Waals surface area (Å²) in [5, 5.41) is 8.39. The first kappa shape index (κ1) is 34.9. The molecule has 0 amide bonds. The van der Waals surface area contributed by atoms with Crippen LogP contribution < -0.4 is 31.8 Å². The molecule has 0 heterocycles. The van der Waals surface area contributed by atoms with Crippen molar-refractivity contribution in [1.82, 2.24) is 0 Å². The summed E-state index contributed by atoms with van der Waals surface area (Å²) >= 11 is 0.00264. The van der Waals surface area contributed by atoms with E-state index in [1.165, 1.54) is 41.6 Å². The van der Waals surface area contributed by atoms with Gasteiger partial charge >= 0.3 is 67.5 Å². The molecule has 236 valence electrons. The average molecular weight is 754 g/mol. The van der Waals surface area contributed by atoms with Crippen LogP contribution in [0.5, 0.6) is 0 Å². The van der Waals surface area contributed by atoms with Gasteiger partial charge in [-0.25, -0.2) is 0 Å². The molecule has 4 heteroatoms. The quantitative estimate of drug-likeness (QED) is 0.107. The molecule has 0 aliphatic heterocycles. The fourth-order valence-electron chi connectivity index (χ4n) is 5.25. The third kappa shape index (κ3) is 10.3. The molecule has 0 fully saturated rings. The normalized spacial score (nSPS) is 12.0. The molecular formula is C43H39ClP2Ru. The van der Waals surface area contributed by atoms with Gasteiger partial charge in [0.1, 0.15) is 0 Å². The molecule has 1 aliphatic carbocycles. The van der Waals surface area contributed by atoms with Crippen molar-refractivity contribution in [2.45, 2.75) is 19.8 Å². The van der Waals surface area contributed by atoms with Gasteiger partial charge in [-0.15, -0.1) is 0 Å². The number of hydrogen-bond acceptors (Lipinski definition) is 0. The second kappa shape index (κ2) is 19.4. The van der Waals surface area contributed by atoms with Crippen LogP contribution in [0.4, 0.5) is 0 Å². The second-order valence-electron chi connectivity index (χ2n) is 10.6. The molecule has 0 atom stereocenters. The van der Waals surface area contributed by atoms with E-state index in [0.29, 0.717) is 0 Å². The van der Waals surface area contributed by atoms with Gasteiger partial charge < -0.3 is 0 Å². The molecule has 0 nitrogen and oxygen atoms in total. The molecule has 47 heavy (non-hydrogen) atoms. The molecular weight excluding hydrogens is 715 g/mol. The van der Waals surface area contributed by atoms with Gasteiger partial charge in [0, 0.05) is 0 Å². The molecule has 0 spiro atoms. The van der Waals surface area contributed by atoms with Crippen molar-refractivity contribution in [3.63, 3.8) is 0 Å². The van der Waals surface area contributed by atoms with Crippen molar-refractivity contribution >= 4 is 57.4 Å². The van der Waals surface area contributed by atoms with Gasteiger partial charge in [0.25, 0.3) is 0 Å². The summed E-state index contributed by atoms with van der Waals surface area (Å²) in [7, 11) is 4.88. The van der Waals surface area contributed by atoms with Gasteiger partial charge in [-0.05, 0) is 47.7 Å². The van der Waals surface area contributed by atoms with Crippen LogP contribution in [0.15, 0.2) is 204 Å². The van der Waals surface area contributed by atoms with E-state index in [-0.39, 0.29) is 16.1 Å². The van der Waals surface area contributed by atoms with E-state index < -0.39 is 15.8 Å². The zero-order valence-corrected chi connectivity index (χ0v) is 30.8. The summed E-state index contributed by atoms with van der Waals surface area (Å²) in [5.74, 6) is 0. The van der Waals surface area contributed by atoms with Crippen LogP contribution in [0.1, 0.15) is 19.8 Å². The first-order valence-electron chi connectivity index (χ1n) is 15.8. The van der Waals surface area contributed by atoms with Gasteiger partial charge in [-0.1, -0.05) is 182 Å². The summed E-state index contributed by atoms with van der Waals surface area (Å²) in [4.78, 5) is 0. The van der Waals surface area contributed by atoms with Crippen molar-refractivity contribution in [3.05, 3.63) is 204 Å². The predicted molar refractivity (Wildman–Crippen MR) is 207 cm³/mol. The summed E-state index contributed by atoms with van der Waals surface area (Å²) in [6, 6.07) is 64.7. The van der Waals surface area contributed by atoms with Crippen LogP contribution in [0.25, 0.3) is 0 Å². The molecule has 0 N–H and O–H groups in total. The monoisotopic (exact) mass is 754 g/mol. The zero-order valence-electron chi connectivity index (χ0n) is 26.5. The van der Waals surface area contributed by atoms with E-state index in [4.69, 9.17) is 9.69 Å². The van der Waals surface area contributed by atoms with E-state index in [2.05, 4.69) is 201 Å². The Kier molecular flexibility index (Phi) is 14.4. The molecule has 0 saturated carbocycles. The summed E-state index contributed by atoms with van der Waals surface area (Å²) in [6.07, 6.45) is 6.66. The number of hydrogen-bond donors (Lipinski definition) is 0. The Labute approximate surface area is 295 Å². The molecule has 0 saturated heterocycles. The van der Waals surface area contributed by atoms with Gasteiger partial charge in [0.05, 0.1) is 0 Å². The summed E-state index contributed by atoms with van der Waals surface area (Å²) in [6.45, 7) is 2.18. The maximum absolute atomic E-state index is 5.77. The molecule has 6 aromatic carbocycles. The first-order valence-corrected chi connectivity index (χ1v) is 21.6. The van der Waals surface area contributed by atoms with Gasteiger partial charge in [-0.3, -0.25) is 0 Å². The van der Waals surface area contributed by atoms with Crippen molar-refractivity contribution < 1.29 is 16.1 Å². The first-order chi connectivity index (χ1) is 23.3. The number of halogens is 1. The summed E-state index contributed by atoms with van der Waals surface area (Å²) in [5.41, 5.74) is 1.48. The van der Waals surface area contributed by atoms with Gasteiger partial charge in [0.15, 0.2) is 0 Å². The van der Waals surface area contributed by atoms with E-state index in [1.807, 2.05) is 0 Å². The summed E-state index contributed by atoms with van der Waals surface area (Å²) < 4.78 is 1.49. The zero-order chi connectivity index (χ0) is 32.5. The topological polar surface area (TPSA) is 0 Å². The molecule has 0 unspecified atom stereocenters. The Bertz CT molecular complexity index is 1490. The van der Waals surface area contributed by atoms with Gasteiger partial charge in [-0.2, -0.15) is 0 Å². The van der Waals surface area contributed by atoms with Crippen LogP contribution in [-0.2, 0) is 16.1 Å². The van der Waals surface area contributed by atoms with E-state index in [0.717, 1.165) is 12.8 Å². The SMILES string of the molecule is CCC1=[C]([Ru][Cl])CC=C1.c1ccc(P(c2ccccc2)c2ccccc2)cc1.c1ccc(P(c2ccccc2)c2ccccc2)cc1. The molecule has 1 aliphatic rings. The molecule has 0 bridgehead atoms. The van der Waals surface area contributed by atoms with E-state index in [1.54, 1.807) is 0 Å². The number of allylic oxidation sites excluding steroid dienone is 4. The Morgan fingerprint density at radius 3 is 0.894 bits per heavy atom. The third-order valence-corrected chi connectivity index (χ3v) is 14.7. The smallest absolute Gasteiger partial charge is 0.0134 e.